The Morgan fingerprint density at radius 1 is 1.24 bits per heavy atom. The summed E-state index contributed by atoms with van der Waals surface area (Å²) in [5, 5.41) is 13.0. The van der Waals surface area contributed by atoms with E-state index in [0.717, 1.165) is 17.4 Å². The lowest BCUT2D eigenvalue weighted by molar-refractivity contribution is -0.384. The van der Waals surface area contributed by atoms with E-state index in [1.807, 2.05) is 0 Å². The summed E-state index contributed by atoms with van der Waals surface area (Å²) in [6.45, 7) is 0. The minimum atomic E-state index is -1.20. The number of hydrogen-bond donors (Lipinski definition) is 1. The fourth-order valence-corrected chi connectivity index (χ4v) is 2.63. The van der Waals surface area contributed by atoms with E-state index in [1.54, 1.807) is 0 Å². The van der Waals surface area contributed by atoms with Crippen LogP contribution in [0.1, 0.15) is 19.3 Å². The SMILES string of the molecule is O=C1NC(=O)C2(CCC2)C(=O)N1c1cccc([N+](=O)[O-])c1. The van der Waals surface area contributed by atoms with Gasteiger partial charge in [0.1, 0.15) is 5.41 Å². The smallest absolute Gasteiger partial charge is 0.276 e. The van der Waals surface area contributed by atoms with Gasteiger partial charge in [0.2, 0.25) is 5.91 Å². The van der Waals surface area contributed by atoms with Gasteiger partial charge in [0.05, 0.1) is 10.6 Å². The summed E-state index contributed by atoms with van der Waals surface area (Å²) in [4.78, 5) is 47.3. The van der Waals surface area contributed by atoms with Crippen LogP contribution in [0.2, 0.25) is 0 Å². The molecule has 2 fully saturated rings. The normalized spacial score (nSPS) is 20.2. The van der Waals surface area contributed by atoms with E-state index >= 15 is 0 Å². The number of carbonyl (C=O) groups is 3. The molecule has 0 atom stereocenters. The Bertz CT molecular complexity index is 680. The van der Waals surface area contributed by atoms with Crippen molar-refractivity contribution in [2.45, 2.75) is 19.3 Å². The number of non-ortho nitro benzene ring substituents is 1. The highest BCUT2D eigenvalue weighted by atomic mass is 16.6. The number of nitrogens with zero attached hydrogens (tertiary/aromatic N) is 2. The predicted molar refractivity (Wildman–Crippen MR) is 70.4 cm³/mol. The van der Waals surface area contributed by atoms with Crippen molar-refractivity contribution in [2.75, 3.05) is 4.90 Å². The molecule has 2 aliphatic rings. The van der Waals surface area contributed by atoms with Gasteiger partial charge in [0.25, 0.3) is 11.6 Å². The second-order valence-electron chi connectivity index (χ2n) is 5.11. The number of benzene rings is 1. The monoisotopic (exact) mass is 289 g/mol. The average molecular weight is 289 g/mol. The number of nitrogens with one attached hydrogen (secondary N) is 1. The van der Waals surface area contributed by atoms with Gasteiger partial charge < -0.3 is 0 Å². The van der Waals surface area contributed by atoms with Crippen LogP contribution in [0.5, 0.6) is 0 Å². The van der Waals surface area contributed by atoms with Gasteiger partial charge in [-0.25, -0.2) is 9.69 Å². The molecule has 0 aromatic heterocycles. The lowest BCUT2D eigenvalue weighted by atomic mass is 9.66. The maximum absolute atomic E-state index is 12.5. The molecule has 1 aromatic carbocycles. The third kappa shape index (κ3) is 1.79. The first-order valence-electron chi connectivity index (χ1n) is 6.40. The van der Waals surface area contributed by atoms with Crippen molar-refractivity contribution in [3.63, 3.8) is 0 Å². The van der Waals surface area contributed by atoms with E-state index in [9.17, 15) is 24.5 Å². The van der Waals surface area contributed by atoms with Crippen LogP contribution in [-0.4, -0.2) is 22.8 Å². The number of rotatable bonds is 2. The van der Waals surface area contributed by atoms with Crippen molar-refractivity contribution in [3.8, 4) is 0 Å². The van der Waals surface area contributed by atoms with Crippen molar-refractivity contribution in [1.29, 1.82) is 0 Å². The Morgan fingerprint density at radius 2 is 1.95 bits per heavy atom. The van der Waals surface area contributed by atoms with Crippen molar-refractivity contribution in [3.05, 3.63) is 34.4 Å². The first-order chi connectivity index (χ1) is 9.95. The van der Waals surface area contributed by atoms with E-state index in [4.69, 9.17) is 0 Å². The number of urea groups is 1. The van der Waals surface area contributed by atoms with Gasteiger partial charge in [-0.3, -0.25) is 25.0 Å². The number of amides is 4. The van der Waals surface area contributed by atoms with E-state index in [1.165, 1.54) is 18.2 Å². The molecule has 3 rings (SSSR count). The van der Waals surface area contributed by atoms with Crippen LogP contribution in [0.25, 0.3) is 0 Å². The maximum Gasteiger partial charge on any atom is 0.335 e. The Balaban J connectivity index is 2.02. The molecule has 0 bridgehead atoms. The van der Waals surface area contributed by atoms with Crippen LogP contribution >= 0.6 is 0 Å². The highest BCUT2D eigenvalue weighted by Crippen LogP contribution is 2.45. The van der Waals surface area contributed by atoms with Gasteiger partial charge in [0.15, 0.2) is 0 Å². The van der Waals surface area contributed by atoms with Gasteiger partial charge in [-0.1, -0.05) is 12.5 Å². The maximum atomic E-state index is 12.5. The molecule has 1 aliphatic heterocycles. The van der Waals surface area contributed by atoms with Crippen LogP contribution in [0.4, 0.5) is 16.2 Å². The fourth-order valence-electron chi connectivity index (χ4n) is 2.63. The number of nitro groups is 1. The van der Waals surface area contributed by atoms with Crippen molar-refractivity contribution >= 4 is 29.2 Å². The molecule has 1 heterocycles. The van der Waals surface area contributed by atoms with Crippen LogP contribution in [0, 0.1) is 15.5 Å². The minimum absolute atomic E-state index is 0.0884. The van der Waals surface area contributed by atoms with Crippen LogP contribution < -0.4 is 10.2 Å². The van der Waals surface area contributed by atoms with Gasteiger partial charge in [-0.05, 0) is 18.9 Å². The zero-order valence-electron chi connectivity index (χ0n) is 10.9. The van der Waals surface area contributed by atoms with Crippen LogP contribution in [0.15, 0.2) is 24.3 Å². The van der Waals surface area contributed by atoms with Crippen molar-refractivity contribution < 1.29 is 19.3 Å². The Morgan fingerprint density at radius 3 is 2.52 bits per heavy atom. The quantitative estimate of drug-likeness (QED) is 0.502. The van der Waals surface area contributed by atoms with Crippen LogP contribution in [-0.2, 0) is 9.59 Å². The minimum Gasteiger partial charge on any atom is -0.276 e. The number of imide groups is 2. The second kappa shape index (κ2) is 4.37. The van der Waals surface area contributed by atoms with Gasteiger partial charge in [0, 0.05) is 12.1 Å². The molecule has 0 radical (unpaired) electrons. The second-order valence-corrected chi connectivity index (χ2v) is 5.11. The molecule has 4 amide bonds. The predicted octanol–water partition coefficient (Wildman–Crippen LogP) is 1.35. The van der Waals surface area contributed by atoms with Crippen molar-refractivity contribution in [1.82, 2.24) is 5.32 Å². The Labute approximate surface area is 118 Å². The molecule has 1 aromatic rings. The van der Waals surface area contributed by atoms with Gasteiger partial charge in [-0.2, -0.15) is 0 Å². The number of hydrogen-bond acceptors (Lipinski definition) is 5. The molecule has 21 heavy (non-hydrogen) atoms. The third-order valence-electron chi connectivity index (χ3n) is 3.98. The molecule has 8 heteroatoms. The Kier molecular flexibility index (Phi) is 2.75. The topological polar surface area (TPSA) is 110 Å². The molecule has 1 spiro atoms. The van der Waals surface area contributed by atoms with E-state index in [2.05, 4.69) is 5.32 Å². The number of nitro benzene ring substituents is 1. The summed E-state index contributed by atoms with van der Waals surface area (Å²) in [6, 6.07) is 4.34. The highest BCUT2D eigenvalue weighted by molar-refractivity contribution is 6.30. The molecule has 1 aliphatic carbocycles. The van der Waals surface area contributed by atoms with E-state index in [0.29, 0.717) is 12.8 Å². The first-order valence-corrected chi connectivity index (χ1v) is 6.40. The summed E-state index contributed by atoms with van der Waals surface area (Å²) in [7, 11) is 0. The summed E-state index contributed by atoms with van der Waals surface area (Å²) in [5.74, 6) is -1.19. The van der Waals surface area contributed by atoms with E-state index < -0.39 is 28.2 Å². The number of carbonyl (C=O) groups excluding carboxylic acids is 3. The number of anilines is 1. The largest absolute Gasteiger partial charge is 0.335 e. The zero-order valence-corrected chi connectivity index (χ0v) is 10.9. The zero-order chi connectivity index (χ0) is 15.2. The summed E-state index contributed by atoms with van der Waals surface area (Å²) < 4.78 is 0. The first kappa shape index (κ1) is 13.2. The summed E-state index contributed by atoms with van der Waals surface area (Å²) in [6.07, 6.45) is 1.50. The molecule has 0 unspecified atom stereocenters. The lowest BCUT2D eigenvalue weighted by Crippen LogP contribution is -2.66. The molecule has 8 nitrogen and oxygen atoms in total. The highest BCUT2D eigenvalue weighted by Gasteiger charge is 2.57. The Hall–Kier alpha value is -2.77. The van der Waals surface area contributed by atoms with E-state index in [-0.39, 0.29) is 11.4 Å². The molecular weight excluding hydrogens is 278 g/mol. The standard InChI is InChI=1S/C13H11N3O5/c17-10-13(5-2-6-13)11(18)15(12(19)14-10)8-3-1-4-9(7-8)16(20)21/h1,3-4,7H,2,5-6H2,(H,14,17,19). The van der Waals surface area contributed by atoms with Gasteiger partial charge >= 0.3 is 6.03 Å². The molecule has 1 saturated carbocycles. The molecule has 1 saturated heterocycles. The van der Waals surface area contributed by atoms with Gasteiger partial charge in [-0.15, -0.1) is 0 Å². The summed E-state index contributed by atoms with van der Waals surface area (Å²) in [5.41, 5.74) is -1.34. The molecular formula is C13H11N3O5. The fraction of sp³-hybridized carbons (Fsp3) is 0.308. The van der Waals surface area contributed by atoms with Crippen molar-refractivity contribution in [2.24, 2.45) is 5.41 Å². The average Bonchev–Trinajstić information content (AvgIpc) is 2.36. The molecule has 1 N–H and O–H groups in total. The third-order valence-corrected chi connectivity index (χ3v) is 3.98. The van der Waals surface area contributed by atoms with Crippen LogP contribution in [0.3, 0.4) is 0 Å². The molecule has 108 valence electrons. The summed E-state index contributed by atoms with van der Waals surface area (Å²) >= 11 is 0. The lowest BCUT2D eigenvalue weighted by Gasteiger charge is -2.44. The number of barbiturate groups is 1.